The molecule has 0 fully saturated rings. The van der Waals surface area contributed by atoms with Gasteiger partial charge < -0.3 is 0 Å². The van der Waals surface area contributed by atoms with E-state index in [1.807, 2.05) is 6.07 Å². The summed E-state index contributed by atoms with van der Waals surface area (Å²) in [5.74, 6) is 0.0547. The monoisotopic (exact) mass is 164 g/mol. The minimum atomic E-state index is -0.920. The zero-order chi connectivity index (χ0) is 8.97. The van der Waals surface area contributed by atoms with Crippen LogP contribution in [0.4, 0.5) is 0 Å². The van der Waals surface area contributed by atoms with Crippen LogP contribution < -0.4 is 4.84 Å². The molecule has 1 aromatic rings. The van der Waals surface area contributed by atoms with E-state index in [4.69, 9.17) is 5.26 Å². The van der Waals surface area contributed by atoms with Gasteiger partial charge in [-0.05, 0) is 18.2 Å². The molecule has 0 spiro atoms. The molecule has 0 unspecified atom stereocenters. The number of hydrogen-bond acceptors (Lipinski definition) is 4. The summed E-state index contributed by atoms with van der Waals surface area (Å²) in [6.07, 6.45) is 0. The fourth-order valence-corrected chi connectivity index (χ4v) is 0.708. The fraction of sp³-hybridized carbons (Fsp3) is 0. The predicted molar refractivity (Wildman–Crippen MR) is 38.8 cm³/mol. The second-order valence-corrected chi connectivity index (χ2v) is 1.95. The second kappa shape index (κ2) is 3.34. The van der Waals surface area contributed by atoms with Gasteiger partial charge in [-0.15, -0.1) is 10.1 Å². The molecular formula is C7H4N2O3. The van der Waals surface area contributed by atoms with Crippen molar-refractivity contribution in [3.05, 3.63) is 39.9 Å². The second-order valence-electron chi connectivity index (χ2n) is 1.95. The Kier molecular flexibility index (Phi) is 2.23. The van der Waals surface area contributed by atoms with Crippen LogP contribution in [0.5, 0.6) is 5.75 Å². The third-order valence-corrected chi connectivity index (χ3v) is 1.14. The van der Waals surface area contributed by atoms with E-state index in [0.29, 0.717) is 5.56 Å². The number of benzene rings is 1. The zero-order valence-electron chi connectivity index (χ0n) is 5.93. The first-order valence-electron chi connectivity index (χ1n) is 3.05. The normalized spacial score (nSPS) is 8.58. The first kappa shape index (κ1) is 8.01. The van der Waals surface area contributed by atoms with Gasteiger partial charge in [0.05, 0.1) is 11.6 Å². The van der Waals surface area contributed by atoms with E-state index in [1.54, 1.807) is 0 Å². The highest BCUT2D eigenvalue weighted by atomic mass is 17.0. The highest BCUT2D eigenvalue weighted by molar-refractivity contribution is 5.35. The van der Waals surface area contributed by atoms with Crippen LogP contribution in [0.15, 0.2) is 24.3 Å². The van der Waals surface area contributed by atoms with Crippen molar-refractivity contribution in [3.8, 4) is 11.8 Å². The van der Waals surface area contributed by atoms with Gasteiger partial charge in [0.1, 0.15) is 5.75 Å². The quantitative estimate of drug-likeness (QED) is 0.484. The van der Waals surface area contributed by atoms with Crippen LogP contribution in [0.1, 0.15) is 5.56 Å². The van der Waals surface area contributed by atoms with Gasteiger partial charge in [-0.2, -0.15) is 5.26 Å². The van der Waals surface area contributed by atoms with Crippen molar-refractivity contribution in [1.82, 2.24) is 0 Å². The summed E-state index contributed by atoms with van der Waals surface area (Å²) >= 11 is 0. The summed E-state index contributed by atoms with van der Waals surface area (Å²) in [6.45, 7) is 0. The topological polar surface area (TPSA) is 76.2 Å². The Labute approximate surface area is 67.9 Å². The molecule has 60 valence electrons. The molecule has 1 rings (SSSR count). The Morgan fingerprint density at radius 1 is 1.58 bits per heavy atom. The number of nitriles is 1. The lowest BCUT2D eigenvalue weighted by molar-refractivity contribution is -0.711. The molecule has 12 heavy (non-hydrogen) atoms. The van der Waals surface area contributed by atoms with Crippen molar-refractivity contribution in [2.75, 3.05) is 0 Å². The average molecular weight is 164 g/mol. The summed E-state index contributed by atoms with van der Waals surface area (Å²) in [5, 5.41) is 17.4. The maximum Gasteiger partial charge on any atom is 0.299 e. The van der Waals surface area contributed by atoms with Gasteiger partial charge in [-0.3, -0.25) is 4.84 Å². The minimum absolute atomic E-state index is 0.0547. The van der Waals surface area contributed by atoms with Crippen molar-refractivity contribution in [1.29, 1.82) is 5.26 Å². The Bertz CT molecular complexity index is 343. The first-order valence-corrected chi connectivity index (χ1v) is 3.05. The van der Waals surface area contributed by atoms with Crippen LogP contribution in [0.2, 0.25) is 0 Å². The van der Waals surface area contributed by atoms with Crippen LogP contribution in [0, 0.1) is 21.4 Å². The van der Waals surface area contributed by atoms with E-state index >= 15 is 0 Å². The number of hydrogen-bond donors (Lipinski definition) is 0. The van der Waals surface area contributed by atoms with E-state index in [0.717, 1.165) is 0 Å². The van der Waals surface area contributed by atoms with Gasteiger partial charge >= 0.3 is 0 Å². The molecule has 5 nitrogen and oxygen atoms in total. The first-order chi connectivity index (χ1) is 5.72. The average Bonchev–Trinajstić information content (AvgIpc) is 2.03. The smallest absolute Gasteiger partial charge is 0.276 e. The van der Waals surface area contributed by atoms with Gasteiger partial charge in [0.2, 0.25) is 0 Å². The van der Waals surface area contributed by atoms with E-state index in [-0.39, 0.29) is 5.75 Å². The molecule has 0 bridgehead atoms. The lowest BCUT2D eigenvalue weighted by atomic mass is 10.2. The van der Waals surface area contributed by atoms with Gasteiger partial charge in [-0.1, -0.05) is 6.07 Å². The Morgan fingerprint density at radius 3 is 2.92 bits per heavy atom. The summed E-state index contributed by atoms with van der Waals surface area (Å²) in [4.78, 5) is 14.0. The Morgan fingerprint density at radius 2 is 2.33 bits per heavy atom. The molecule has 0 heterocycles. The van der Waals surface area contributed by atoms with E-state index in [2.05, 4.69) is 4.84 Å². The minimum Gasteiger partial charge on any atom is -0.276 e. The molecule has 0 saturated heterocycles. The van der Waals surface area contributed by atoms with Crippen molar-refractivity contribution >= 4 is 0 Å². The van der Waals surface area contributed by atoms with Crippen LogP contribution in [-0.4, -0.2) is 5.09 Å². The molecule has 1 aromatic carbocycles. The SMILES string of the molecule is N#Cc1cccc(O[N+](=O)[O-])c1. The maximum absolute atomic E-state index is 9.87. The maximum atomic E-state index is 9.87. The van der Waals surface area contributed by atoms with Gasteiger partial charge in [-0.25, -0.2) is 0 Å². The molecule has 0 N–H and O–H groups in total. The molecule has 0 saturated carbocycles. The molecule has 0 aliphatic carbocycles. The lowest BCUT2D eigenvalue weighted by Crippen LogP contribution is -2.03. The highest BCUT2D eigenvalue weighted by Gasteiger charge is 1.99. The van der Waals surface area contributed by atoms with E-state index < -0.39 is 5.09 Å². The Hall–Kier alpha value is -2.09. The predicted octanol–water partition coefficient (Wildman–Crippen LogP) is 1.13. The van der Waals surface area contributed by atoms with Crippen LogP contribution in [0.25, 0.3) is 0 Å². The van der Waals surface area contributed by atoms with Gasteiger partial charge in [0.15, 0.2) is 0 Å². The molecular weight excluding hydrogens is 160 g/mol. The standard InChI is InChI=1S/C7H4N2O3/c8-5-6-2-1-3-7(4-6)12-9(10)11/h1-4H. The molecule has 0 amide bonds. The molecule has 0 aliphatic heterocycles. The van der Waals surface area contributed by atoms with Crippen LogP contribution in [0.3, 0.4) is 0 Å². The third kappa shape index (κ3) is 1.95. The van der Waals surface area contributed by atoms with E-state index in [9.17, 15) is 10.1 Å². The van der Waals surface area contributed by atoms with Gasteiger partial charge in [0, 0.05) is 0 Å². The van der Waals surface area contributed by atoms with E-state index in [1.165, 1.54) is 24.3 Å². The molecule has 0 aromatic heterocycles. The highest BCUT2D eigenvalue weighted by Crippen LogP contribution is 2.11. The van der Waals surface area contributed by atoms with Crippen molar-refractivity contribution in [2.24, 2.45) is 0 Å². The molecule has 0 radical (unpaired) electrons. The fourth-order valence-electron chi connectivity index (χ4n) is 0.708. The lowest BCUT2D eigenvalue weighted by Gasteiger charge is -1.96. The van der Waals surface area contributed by atoms with Gasteiger partial charge in [0.25, 0.3) is 5.09 Å². The van der Waals surface area contributed by atoms with Crippen molar-refractivity contribution in [3.63, 3.8) is 0 Å². The molecule has 5 heteroatoms. The largest absolute Gasteiger partial charge is 0.299 e. The number of nitrogens with zero attached hydrogens (tertiary/aromatic N) is 2. The summed E-state index contributed by atoms with van der Waals surface area (Å²) < 4.78 is 0. The Balaban J connectivity index is 2.88. The zero-order valence-corrected chi connectivity index (χ0v) is 5.93. The summed E-state index contributed by atoms with van der Waals surface area (Å²) in [6, 6.07) is 7.58. The number of rotatable bonds is 2. The van der Waals surface area contributed by atoms with Crippen LogP contribution >= 0.6 is 0 Å². The summed E-state index contributed by atoms with van der Waals surface area (Å²) in [5.41, 5.74) is 0.328. The van der Waals surface area contributed by atoms with Crippen LogP contribution in [-0.2, 0) is 0 Å². The van der Waals surface area contributed by atoms with Crippen molar-refractivity contribution in [2.45, 2.75) is 0 Å². The molecule has 0 atom stereocenters. The third-order valence-electron chi connectivity index (χ3n) is 1.14. The molecule has 0 aliphatic rings. The van der Waals surface area contributed by atoms with Crippen molar-refractivity contribution < 1.29 is 9.92 Å². The summed E-state index contributed by atoms with van der Waals surface area (Å²) in [7, 11) is 0.